The van der Waals surface area contributed by atoms with Crippen molar-refractivity contribution >= 4 is 0 Å². The van der Waals surface area contributed by atoms with Crippen molar-refractivity contribution in [1.29, 1.82) is 0 Å². The average Bonchev–Trinajstić information content (AvgIpc) is 2.93. The number of nitrogens with zero attached hydrogens (tertiary/aromatic N) is 1. The van der Waals surface area contributed by atoms with E-state index >= 15 is 0 Å². The van der Waals surface area contributed by atoms with Gasteiger partial charge in [0.05, 0.1) is 24.6 Å². The molecular formula is C14H22N2O3. The molecule has 0 bridgehead atoms. The number of aromatic nitrogens is 1. The predicted octanol–water partition coefficient (Wildman–Crippen LogP) is 1.46. The Morgan fingerprint density at radius 1 is 1.47 bits per heavy atom. The molecule has 0 aliphatic carbocycles. The highest BCUT2D eigenvalue weighted by Crippen LogP contribution is 2.11. The van der Waals surface area contributed by atoms with Crippen molar-refractivity contribution < 1.29 is 14.6 Å². The van der Waals surface area contributed by atoms with E-state index < -0.39 is 0 Å². The highest BCUT2D eigenvalue weighted by atomic mass is 16.5. The number of ether oxygens (including phenoxy) is 2. The first-order valence-corrected chi connectivity index (χ1v) is 6.88. The number of rotatable bonds is 8. The van der Waals surface area contributed by atoms with Gasteiger partial charge in [0.1, 0.15) is 5.75 Å². The largest absolute Gasteiger partial charge is 0.506 e. The minimum absolute atomic E-state index is 0.200. The van der Waals surface area contributed by atoms with Crippen LogP contribution in [0.3, 0.4) is 0 Å². The first-order chi connectivity index (χ1) is 9.34. The van der Waals surface area contributed by atoms with Crippen LogP contribution in [0.25, 0.3) is 0 Å². The zero-order valence-corrected chi connectivity index (χ0v) is 11.2. The summed E-state index contributed by atoms with van der Waals surface area (Å²) in [5.74, 6) is 0.200. The molecule has 1 aliphatic rings. The van der Waals surface area contributed by atoms with Crippen molar-refractivity contribution in [2.75, 3.05) is 26.4 Å². The third-order valence-corrected chi connectivity index (χ3v) is 3.09. The maximum Gasteiger partial charge on any atom is 0.133 e. The maximum atomic E-state index is 9.11. The summed E-state index contributed by atoms with van der Waals surface area (Å²) in [5.41, 5.74) is 0.929. The van der Waals surface area contributed by atoms with Crippen LogP contribution in [-0.4, -0.2) is 42.6 Å². The van der Waals surface area contributed by atoms with E-state index in [1.54, 1.807) is 6.07 Å². The lowest BCUT2D eigenvalue weighted by atomic mass is 10.2. The lowest BCUT2D eigenvalue weighted by Gasteiger charge is -2.10. The van der Waals surface area contributed by atoms with E-state index in [4.69, 9.17) is 14.6 Å². The Hall–Kier alpha value is -1.17. The van der Waals surface area contributed by atoms with E-state index in [9.17, 15) is 0 Å². The molecule has 0 spiro atoms. The van der Waals surface area contributed by atoms with Crippen molar-refractivity contribution in [2.24, 2.45) is 0 Å². The highest BCUT2D eigenvalue weighted by Gasteiger charge is 2.14. The number of nitrogens with one attached hydrogen (secondary N) is 1. The number of hydrogen-bond acceptors (Lipinski definition) is 5. The van der Waals surface area contributed by atoms with Gasteiger partial charge in [-0.15, -0.1) is 0 Å². The van der Waals surface area contributed by atoms with Gasteiger partial charge in [-0.1, -0.05) is 0 Å². The number of pyridine rings is 1. The van der Waals surface area contributed by atoms with E-state index in [0.29, 0.717) is 12.6 Å². The molecule has 1 unspecified atom stereocenters. The van der Waals surface area contributed by atoms with Crippen LogP contribution in [0.1, 0.15) is 25.0 Å². The quantitative estimate of drug-likeness (QED) is 0.698. The first-order valence-electron chi connectivity index (χ1n) is 6.88. The van der Waals surface area contributed by atoms with E-state index in [1.807, 2.05) is 6.07 Å². The van der Waals surface area contributed by atoms with Crippen molar-refractivity contribution in [2.45, 2.75) is 31.9 Å². The maximum absolute atomic E-state index is 9.11. The molecule has 0 amide bonds. The lowest BCUT2D eigenvalue weighted by Crippen LogP contribution is -2.19. The molecule has 1 aromatic rings. The molecule has 0 saturated carbocycles. The molecule has 0 aromatic carbocycles. The fourth-order valence-corrected chi connectivity index (χ4v) is 2.03. The van der Waals surface area contributed by atoms with Crippen LogP contribution in [0.4, 0.5) is 0 Å². The van der Waals surface area contributed by atoms with Crippen LogP contribution in [0, 0.1) is 0 Å². The van der Waals surface area contributed by atoms with Crippen LogP contribution < -0.4 is 5.32 Å². The molecule has 0 radical (unpaired) electrons. The van der Waals surface area contributed by atoms with Gasteiger partial charge in [-0.25, -0.2) is 0 Å². The fraction of sp³-hybridized carbons (Fsp3) is 0.643. The summed E-state index contributed by atoms with van der Waals surface area (Å²) in [5, 5.41) is 12.4. The van der Waals surface area contributed by atoms with Gasteiger partial charge in [0.25, 0.3) is 0 Å². The normalized spacial score (nSPS) is 18.8. The second kappa shape index (κ2) is 8.09. The number of hydrogen-bond donors (Lipinski definition) is 2. The van der Waals surface area contributed by atoms with Crippen molar-refractivity contribution in [3.05, 3.63) is 24.0 Å². The van der Waals surface area contributed by atoms with Gasteiger partial charge in [0, 0.05) is 19.8 Å². The van der Waals surface area contributed by atoms with Gasteiger partial charge in [0.2, 0.25) is 0 Å². The molecule has 2 heterocycles. The topological polar surface area (TPSA) is 63.6 Å². The fourth-order valence-electron chi connectivity index (χ4n) is 2.03. The standard InChI is InChI=1S/C14H22N2O3/c17-13-5-4-12(16-10-13)9-15-6-2-7-18-11-14-3-1-8-19-14/h4-5,10,14-15,17H,1-3,6-9,11H2. The minimum Gasteiger partial charge on any atom is -0.506 e. The third kappa shape index (κ3) is 5.55. The van der Waals surface area contributed by atoms with Gasteiger partial charge < -0.3 is 19.9 Å². The summed E-state index contributed by atoms with van der Waals surface area (Å²) in [6.45, 7) is 3.98. The van der Waals surface area contributed by atoms with Gasteiger partial charge in [-0.3, -0.25) is 4.98 Å². The molecule has 2 rings (SSSR count). The van der Waals surface area contributed by atoms with Crippen LogP contribution in [0.5, 0.6) is 5.75 Å². The Bertz CT molecular complexity index is 350. The van der Waals surface area contributed by atoms with Crippen LogP contribution in [0.2, 0.25) is 0 Å². The first kappa shape index (κ1) is 14.2. The Morgan fingerprint density at radius 3 is 3.16 bits per heavy atom. The monoisotopic (exact) mass is 266 g/mol. The van der Waals surface area contributed by atoms with E-state index in [-0.39, 0.29) is 5.75 Å². The van der Waals surface area contributed by atoms with Gasteiger partial charge in [0.15, 0.2) is 0 Å². The smallest absolute Gasteiger partial charge is 0.133 e. The van der Waals surface area contributed by atoms with E-state index in [0.717, 1.165) is 51.3 Å². The van der Waals surface area contributed by atoms with Gasteiger partial charge >= 0.3 is 0 Å². The summed E-state index contributed by atoms with van der Waals surface area (Å²) in [4.78, 5) is 4.10. The van der Waals surface area contributed by atoms with Crippen LogP contribution in [0.15, 0.2) is 18.3 Å². The van der Waals surface area contributed by atoms with Crippen LogP contribution >= 0.6 is 0 Å². The summed E-state index contributed by atoms with van der Waals surface area (Å²) >= 11 is 0. The Kier molecular flexibility index (Phi) is 6.07. The van der Waals surface area contributed by atoms with Crippen molar-refractivity contribution in [3.8, 4) is 5.75 Å². The molecule has 2 N–H and O–H groups in total. The lowest BCUT2D eigenvalue weighted by molar-refractivity contribution is 0.0166. The second-order valence-corrected chi connectivity index (χ2v) is 4.75. The second-order valence-electron chi connectivity index (χ2n) is 4.75. The predicted molar refractivity (Wildman–Crippen MR) is 72.0 cm³/mol. The summed E-state index contributed by atoms with van der Waals surface area (Å²) in [6, 6.07) is 3.46. The van der Waals surface area contributed by atoms with Crippen molar-refractivity contribution in [3.63, 3.8) is 0 Å². The van der Waals surface area contributed by atoms with E-state index in [2.05, 4.69) is 10.3 Å². The summed E-state index contributed by atoms with van der Waals surface area (Å²) in [6.07, 6.45) is 5.04. The van der Waals surface area contributed by atoms with Gasteiger partial charge in [-0.2, -0.15) is 0 Å². The molecule has 5 nitrogen and oxygen atoms in total. The molecule has 5 heteroatoms. The van der Waals surface area contributed by atoms with Crippen molar-refractivity contribution in [1.82, 2.24) is 10.3 Å². The summed E-state index contributed by atoms with van der Waals surface area (Å²) in [7, 11) is 0. The SMILES string of the molecule is Oc1ccc(CNCCCOCC2CCCO2)nc1. The summed E-state index contributed by atoms with van der Waals surface area (Å²) < 4.78 is 11.1. The zero-order chi connectivity index (χ0) is 13.3. The molecule has 1 aromatic heterocycles. The highest BCUT2D eigenvalue weighted by molar-refractivity contribution is 5.17. The Labute approximate surface area is 114 Å². The molecular weight excluding hydrogens is 244 g/mol. The number of aromatic hydroxyl groups is 1. The Morgan fingerprint density at radius 2 is 2.42 bits per heavy atom. The molecule has 19 heavy (non-hydrogen) atoms. The molecule has 1 atom stereocenters. The minimum atomic E-state index is 0.200. The average molecular weight is 266 g/mol. The zero-order valence-electron chi connectivity index (χ0n) is 11.2. The van der Waals surface area contributed by atoms with Gasteiger partial charge in [-0.05, 0) is 37.9 Å². The molecule has 1 saturated heterocycles. The third-order valence-electron chi connectivity index (χ3n) is 3.09. The van der Waals surface area contributed by atoms with Crippen LogP contribution in [-0.2, 0) is 16.0 Å². The molecule has 1 fully saturated rings. The Balaban J connectivity index is 1.44. The molecule has 1 aliphatic heterocycles. The van der Waals surface area contributed by atoms with E-state index in [1.165, 1.54) is 6.20 Å². The molecule has 106 valence electrons.